The van der Waals surface area contributed by atoms with Crippen LogP contribution in [0.15, 0.2) is 34.4 Å². The van der Waals surface area contributed by atoms with Gasteiger partial charge in [-0.3, -0.25) is 4.79 Å². The SMILES string of the molecule is CC1=CC/C(=C(/C)CO)C(=O)CC(C)=CCC1. The summed E-state index contributed by atoms with van der Waals surface area (Å²) in [5.74, 6) is 0.149. The molecule has 1 aliphatic carbocycles. The molecule has 94 valence electrons. The molecule has 0 aromatic carbocycles. The summed E-state index contributed by atoms with van der Waals surface area (Å²) < 4.78 is 0. The van der Waals surface area contributed by atoms with Crippen LogP contribution >= 0.6 is 0 Å². The normalized spacial score (nSPS) is 21.8. The third kappa shape index (κ3) is 4.31. The Hall–Kier alpha value is -1.15. The van der Waals surface area contributed by atoms with Crippen molar-refractivity contribution in [3.05, 3.63) is 34.4 Å². The molecular weight excluding hydrogens is 212 g/mol. The standard InChI is InChI=1S/C15H22O2/c1-11-5-4-6-12(2)9-15(17)14(8-7-11)13(3)10-16/h6-7,16H,4-5,8-10H2,1-3H3/b11-7?,12-6?,14-13+. The van der Waals surface area contributed by atoms with Crippen LogP contribution in [0.5, 0.6) is 0 Å². The zero-order valence-electron chi connectivity index (χ0n) is 11.0. The number of hydrogen-bond acceptors (Lipinski definition) is 2. The Morgan fingerprint density at radius 1 is 1.29 bits per heavy atom. The third-order valence-corrected chi connectivity index (χ3v) is 3.21. The van der Waals surface area contributed by atoms with Crippen LogP contribution in [0.1, 0.15) is 46.5 Å². The van der Waals surface area contributed by atoms with Gasteiger partial charge in [0.05, 0.1) is 6.61 Å². The lowest BCUT2D eigenvalue weighted by Crippen LogP contribution is -2.08. The molecule has 0 radical (unpaired) electrons. The summed E-state index contributed by atoms with van der Waals surface area (Å²) >= 11 is 0. The van der Waals surface area contributed by atoms with E-state index in [0.717, 1.165) is 29.6 Å². The fourth-order valence-electron chi connectivity index (χ4n) is 1.98. The third-order valence-electron chi connectivity index (χ3n) is 3.21. The average Bonchev–Trinajstić information content (AvgIpc) is 2.28. The van der Waals surface area contributed by atoms with Gasteiger partial charge >= 0.3 is 0 Å². The molecule has 0 aromatic heterocycles. The van der Waals surface area contributed by atoms with Crippen molar-refractivity contribution in [2.75, 3.05) is 6.61 Å². The van der Waals surface area contributed by atoms with Gasteiger partial charge < -0.3 is 5.11 Å². The number of rotatable bonds is 1. The molecule has 0 heterocycles. The molecule has 0 aliphatic heterocycles. The number of allylic oxidation sites excluding steroid dienone is 5. The first kappa shape index (κ1) is 13.9. The molecule has 1 aliphatic rings. The van der Waals surface area contributed by atoms with E-state index in [1.165, 1.54) is 5.57 Å². The van der Waals surface area contributed by atoms with Crippen LogP contribution in [-0.4, -0.2) is 17.5 Å². The van der Waals surface area contributed by atoms with Crippen molar-refractivity contribution in [2.45, 2.75) is 46.5 Å². The second-order valence-corrected chi connectivity index (χ2v) is 4.86. The molecule has 0 aromatic rings. The molecule has 0 spiro atoms. The molecule has 0 saturated heterocycles. The van der Waals surface area contributed by atoms with Gasteiger partial charge in [-0.2, -0.15) is 0 Å². The van der Waals surface area contributed by atoms with Gasteiger partial charge in [0, 0.05) is 12.0 Å². The highest BCUT2D eigenvalue weighted by molar-refractivity contribution is 5.97. The summed E-state index contributed by atoms with van der Waals surface area (Å²) in [5.41, 5.74) is 4.02. The lowest BCUT2D eigenvalue weighted by molar-refractivity contribution is -0.115. The van der Waals surface area contributed by atoms with E-state index in [1.807, 2.05) is 13.8 Å². The van der Waals surface area contributed by atoms with Crippen molar-refractivity contribution in [3.63, 3.8) is 0 Å². The summed E-state index contributed by atoms with van der Waals surface area (Å²) in [6, 6.07) is 0. The number of carbonyl (C=O) groups is 1. The fourth-order valence-corrected chi connectivity index (χ4v) is 1.98. The maximum absolute atomic E-state index is 12.1. The van der Waals surface area contributed by atoms with Crippen LogP contribution in [-0.2, 0) is 4.79 Å². The average molecular weight is 234 g/mol. The van der Waals surface area contributed by atoms with Gasteiger partial charge in [0.2, 0.25) is 0 Å². The zero-order valence-corrected chi connectivity index (χ0v) is 11.0. The minimum absolute atomic E-state index is 0.0310. The van der Waals surface area contributed by atoms with E-state index in [0.29, 0.717) is 12.8 Å². The number of carbonyl (C=O) groups excluding carboxylic acids is 1. The molecule has 0 unspecified atom stereocenters. The maximum atomic E-state index is 12.1. The molecule has 0 atom stereocenters. The van der Waals surface area contributed by atoms with Crippen LogP contribution in [0.2, 0.25) is 0 Å². The van der Waals surface area contributed by atoms with E-state index in [2.05, 4.69) is 19.1 Å². The van der Waals surface area contributed by atoms with Crippen LogP contribution in [0.3, 0.4) is 0 Å². The zero-order chi connectivity index (χ0) is 12.8. The molecule has 0 amide bonds. The molecular formula is C15H22O2. The minimum atomic E-state index is -0.0310. The predicted molar refractivity (Wildman–Crippen MR) is 70.8 cm³/mol. The Balaban J connectivity index is 3.03. The first-order valence-corrected chi connectivity index (χ1v) is 6.18. The highest BCUT2D eigenvalue weighted by atomic mass is 16.3. The first-order valence-electron chi connectivity index (χ1n) is 6.18. The largest absolute Gasteiger partial charge is 0.392 e. The molecule has 2 heteroatoms. The molecule has 0 saturated carbocycles. The highest BCUT2D eigenvalue weighted by Crippen LogP contribution is 2.20. The maximum Gasteiger partial charge on any atom is 0.163 e. The number of ketones is 1. The van der Waals surface area contributed by atoms with E-state index in [1.54, 1.807) is 0 Å². The van der Waals surface area contributed by atoms with Crippen molar-refractivity contribution in [3.8, 4) is 0 Å². The molecule has 2 nitrogen and oxygen atoms in total. The Morgan fingerprint density at radius 3 is 2.65 bits per heavy atom. The van der Waals surface area contributed by atoms with E-state index in [4.69, 9.17) is 0 Å². The summed E-state index contributed by atoms with van der Waals surface area (Å²) in [6.07, 6.45) is 7.47. The summed E-state index contributed by atoms with van der Waals surface area (Å²) in [4.78, 5) is 12.1. The summed E-state index contributed by atoms with van der Waals surface area (Å²) in [5, 5.41) is 9.18. The van der Waals surface area contributed by atoms with Gasteiger partial charge in [-0.25, -0.2) is 0 Å². The molecule has 1 N–H and O–H groups in total. The van der Waals surface area contributed by atoms with Crippen molar-refractivity contribution in [1.82, 2.24) is 0 Å². The van der Waals surface area contributed by atoms with Crippen LogP contribution in [0.25, 0.3) is 0 Å². The van der Waals surface area contributed by atoms with Crippen LogP contribution < -0.4 is 0 Å². The van der Waals surface area contributed by atoms with Gasteiger partial charge in [0.25, 0.3) is 0 Å². The van der Waals surface area contributed by atoms with Crippen molar-refractivity contribution in [1.29, 1.82) is 0 Å². The number of Topliss-reactive ketones (excluding diaryl/α,β-unsaturated/α-hetero) is 1. The highest BCUT2D eigenvalue weighted by Gasteiger charge is 2.13. The molecule has 1 rings (SSSR count). The lowest BCUT2D eigenvalue weighted by Gasteiger charge is -2.11. The van der Waals surface area contributed by atoms with Crippen LogP contribution in [0.4, 0.5) is 0 Å². The van der Waals surface area contributed by atoms with E-state index in [-0.39, 0.29) is 12.4 Å². The second kappa shape index (κ2) is 6.55. The number of hydrogen-bond donors (Lipinski definition) is 1. The summed E-state index contributed by atoms with van der Waals surface area (Å²) in [7, 11) is 0. The van der Waals surface area contributed by atoms with E-state index >= 15 is 0 Å². The van der Waals surface area contributed by atoms with Gasteiger partial charge in [-0.1, -0.05) is 23.3 Å². The van der Waals surface area contributed by atoms with Gasteiger partial charge in [-0.15, -0.1) is 0 Å². The monoisotopic (exact) mass is 234 g/mol. The minimum Gasteiger partial charge on any atom is -0.392 e. The Labute approximate surface area is 104 Å². The number of aliphatic hydroxyl groups excluding tert-OH is 1. The Kier molecular flexibility index (Phi) is 5.36. The smallest absolute Gasteiger partial charge is 0.163 e. The molecule has 0 bridgehead atoms. The van der Waals surface area contributed by atoms with E-state index in [9.17, 15) is 9.90 Å². The quantitative estimate of drug-likeness (QED) is 0.558. The molecule has 0 fully saturated rings. The van der Waals surface area contributed by atoms with E-state index < -0.39 is 0 Å². The van der Waals surface area contributed by atoms with Gasteiger partial charge in [-0.05, 0) is 45.6 Å². The number of aliphatic hydroxyl groups is 1. The Morgan fingerprint density at radius 2 is 2.00 bits per heavy atom. The lowest BCUT2D eigenvalue weighted by atomic mass is 9.94. The van der Waals surface area contributed by atoms with Crippen molar-refractivity contribution in [2.24, 2.45) is 0 Å². The van der Waals surface area contributed by atoms with Crippen molar-refractivity contribution >= 4 is 5.78 Å². The predicted octanol–water partition coefficient (Wildman–Crippen LogP) is 3.33. The van der Waals surface area contributed by atoms with Crippen molar-refractivity contribution < 1.29 is 9.90 Å². The summed E-state index contributed by atoms with van der Waals surface area (Å²) in [6.45, 7) is 5.91. The second-order valence-electron chi connectivity index (χ2n) is 4.86. The van der Waals surface area contributed by atoms with Crippen LogP contribution in [0, 0.1) is 0 Å². The Bertz CT molecular complexity index is 384. The topological polar surface area (TPSA) is 37.3 Å². The van der Waals surface area contributed by atoms with Gasteiger partial charge in [0.15, 0.2) is 5.78 Å². The molecule has 17 heavy (non-hydrogen) atoms. The fraction of sp³-hybridized carbons (Fsp3) is 0.533. The first-order chi connectivity index (χ1) is 8.04. The van der Waals surface area contributed by atoms with Gasteiger partial charge in [0.1, 0.15) is 0 Å².